The van der Waals surface area contributed by atoms with E-state index in [0.29, 0.717) is 6.54 Å². The van der Waals surface area contributed by atoms with Gasteiger partial charge in [-0.2, -0.15) is 0 Å². The number of hydrogen-bond donors (Lipinski definition) is 1. The first-order valence-electron chi connectivity index (χ1n) is 5.17. The SMILES string of the molecule is CC(C)(C)Oc1ccc(/C=C/CN)cc1. The number of rotatable bonds is 3. The Morgan fingerprint density at radius 1 is 1.20 bits per heavy atom. The maximum atomic E-state index is 5.71. The van der Waals surface area contributed by atoms with Gasteiger partial charge in [-0.05, 0) is 38.5 Å². The van der Waals surface area contributed by atoms with Crippen molar-refractivity contribution in [2.75, 3.05) is 6.54 Å². The van der Waals surface area contributed by atoms with Crippen LogP contribution in [0.5, 0.6) is 5.75 Å². The third kappa shape index (κ3) is 4.66. The summed E-state index contributed by atoms with van der Waals surface area (Å²) in [6.07, 6.45) is 3.93. The van der Waals surface area contributed by atoms with E-state index >= 15 is 0 Å². The predicted octanol–water partition coefficient (Wildman–Crippen LogP) is 2.84. The van der Waals surface area contributed by atoms with Crippen molar-refractivity contribution in [2.45, 2.75) is 26.4 Å². The van der Waals surface area contributed by atoms with Gasteiger partial charge >= 0.3 is 0 Å². The molecule has 0 unspecified atom stereocenters. The molecule has 0 aromatic heterocycles. The third-order valence-electron chi connectivity index (χ3n) is 1.75. The van der Waals surface area contributed by atoms with Crippen molar-refractivity contribution in [2.24, 2.45) is 5.73 Å². The Kier molecular flexibility index (Phi) is 3.92. The molecule has 2 N–H and O–H groups in total. The van der Waals surface area contributed by atoms with Crippen molar-refractivity contribution in [3.8, 4) is 5.75 Å². The lowest BCUT2D eigenvalue weighted by atomic mass is 10.1. The van der Waals surface area contributed by atoms with E-state index in [1.165, 1.54) is 0 Å². The molecule has 1 aromatic carbocycles. The molecule has 0 atom stereocenters. The first-order valence-corrected chi connectivity index (χ1v) is 5.17. The zero-order valence-corrected chi connectivity index (χ0v) is 9.66. The average Bonchev–Trinajstić information content (AvgIpc) is 2.14. The van der Waals surface area contributed by atoms with Gasteiger partial charge in [0.05, 0.1) is 0 Å². The standard InChI is InChI=1S/C13H19NO/c1-13(2,3)15-12-8-6-11(7-9-12)5-4-10-14/h4-9H,10,14H2,1-3H3/b5-4+. The van der Waals surface area contributed by atoms with Gasteiger partial charge in [-0.15, -0.1) is 0 Å². The largest absolute Gasteiger partial charge is 0.488 e. The highest BCUT2D eigenvalue weighted by atomic mass is 16.5. The Labute approximate surface area is 91.7 Å². The monoisotopic (exact) mass is 205 g/mol. The maximum Gasteiger partial charge on any atom is 0.120 e. The quantitative estimate of drug-likeness (QED) is 0.823. The summed E-state index contributed by atoms with van der Waals surface area (Å²) in [5.41, 5.74) is 6.37. The minimum Gasteiger partial charge on any atom is -0.488 e. The minimum absolute atomic E-state index is 0.144. The minimum atomic E-state index is -0.144. The third-order valence-corrected chi connectivity index (χ3v) is 1.75. The molecule has 0 heterocycles. The van der Waals surface area contributed by atoms with Gasteiger partial charge < -0.3 is 10.5 Å². The normalized spacial score (nSPS) is 12.0. The number of ether oxygens (including phenoxy) is 1. The Morgan fingerprint density at radius 2 is 1.80 bits per heavy atom. The second-order valence-electron chi connectivity index (χ2n) is 4.42. The molecule has 1 rings (SSSR count). The van der Waals surface area contributed by atoms with Crippen LogP contribution in [0.25, 0.3) is 6.08 Å². The van der Waals surface area contributed by atoms with Gasteiger partial charge in [-0.1, -0.05) is 24.3 Å². The van der Waals surface area contributed by atoms with E-state index in [1.54, 1.807) is 0 Å². The molecule has 0 saturated carbocycles. The molecule has 0 spiro atoms. The Morgan fingerprint density at radius 3 is 2.27 bits per heavy atom. The highest BCUT2D eigenvalue weighted by Crippen LogP contribution is 2.18. The van der Waals surface area contributed by atoms with Gasteiger partial charge in [0.2, 0.25) is 0 Å². The van der Waals surface area contributed by atoms with Gasteiger partial charge in [0.25, 0.3) is 0 Å². The van der Waals surface area contributed by atoms with Crippen molar-refractivity contribution in [1.29, 1.82) is 0 Å². The molecule has 82 valence electrons. The van der Waals surface area contributed by atoms with Crippen LogP contribution in [-0.2, 0) is 0 Å². The summed E-state index contributed by atoms with van der Waals surface area (Å²) >= 11 is 0. The topological polar surface area (TPSA) is 35.2 Å². The van der Waals surface area contributed by atoms with Gasteiger partial charge in [0.1, 0.15) is 11.4 Å². The van der Waals surface area contributed by atoms with Gasteiger partial charge in [0.15, 0.2) is 0 Å². The predicted molar refractivity (Wildman–Crippen MR) is 64.9 cm³/mol. The molecule has 0 amide bonds. The highest BCUT2D eigenvalue weighted by Gasteiger charge is 2.10. The molecule has 0 bridgehead atoms. The van der Waals surface area contributed by atoms with Crippen molar-refractivity contribution < 1.29 is 4.74 Å². The van der Waals surface area contributed by atoms with Crippen molar-refractivity contribution in [3.63, 3.8) is 0 Å². The van der Waals surface area contributed by atoms with Crippen molar-refractivity contribution in [1.82, 2.24) is 0 Å². The Bertz CT molecular complexity index is 319. The number of hydrogen-bond acceptors (Lipinski definition) is 2. The lowest BCUT2D eigenvalue weighted by Crippen LogP contribution is -2.22. The highest BCUT2D eigenvalue weighted by molar-refractivity contribution is 5.50. The summed E-state index contributed by atoms with van der Waals surface area (Å²) in [5.74, 6) is 0.896. The van der Waals surface area contributed by atoms with Gasteiger partial charge in [0, 0.05) is 6.54 Å². The fraction of sp³-hybridized carbons (Fsp3) is 0.385. The smallest absolute Gasteiger partial charge is 0.120 e. The average molecular weight is 205 g/mol. The fourth-order valence-electron chi connectivity index (χ4n) is 1.20. The first-order chi connectivity index (χ1) is 7.01. The molecule has 0 radical (unpaired) electrons. The lowest BCUT2D eigenvalue weighted by molar-refractivity contribution is 0.131. The molecule has 2 heteroatoms. The van der Waals surface area contributed by atoms with E-state index in [1.807, 2.05) is 57.2 Å². The van der Waals surface area contributed by atoms with Crippen LogP contribution in [0.1, 0.15) is 26.3 Å². The molecular formula is C13H19NO. The van der Waals surface area contributed by atoms with Crippen molar-refractivity contribution >= 4 is 6.08 Å². The number of benzene rings is 1. The van der Waals surface area contributed by atoms with E-state index in [2.05, 4.69) is 0 Å². The van der Waals surface area contributed by atoms with Crippen LogP contribution in [0.3, 0.4) is 0 Å². The zero-order chi connectivity index (χ0) is 11.3. The van der Waals surface area contributed by atoms with Crippen LogP contribution in [0.15, 0.2) is 30.3 Å². The summed E-state index contributed by atoms with van der Waals surface area (Å²) in [5, 5.41) is 0. The first kappa shape index (κ1) is 11.8. The van der Waals surface area contributed by atoms with E-state index in [-0.39, 0.29) is 5.60 Å². The summed E-state index contributed by atoms with van der Waals surface area (Å²) < 4.78 is 5.71. The maximum absolute atomic E-state index is 5.71. The molecule has 2 nitrogen and oxygen atoms in total. The van der Waals surface area contributed by atoms with Crippen LogP contribution < -0.4 is 10.5 Å². The van der Waals surface area contributed by atoms with E-state index in [9.17, 15) is 0 Å². The molecule has 0 fully saturated rings. The van der Waals surface area contributed by atoms with Crippen LogP contribution in [0.2, 0.25) is 0 Å². The molecule has 0 aliphatic carbocycles. The van der Waals surface area contributed by atoms with Crippen molar-refractivity contribution in [3.05, 3.63) is 35.9 Å². The van der Waals surface area contributed by atoms with Crippen LogP contribution in [0, 0.1) is 0 Å². The molecule has 15 heavy (non-hydrogen) atoms. The molecular weight excluding hydrogens is 186 g/mol. The molecule has 0 aliphatic heterocycles. The van der Waals surface area contributed by atoms with E-state index in [4.69, 9.17) is 10.5 Å². The lowest BCUT2D eigenvalue weighted by Gasteiger charge is -2.21. The second kappa shape index (κ2) is 4.99. The Balaban J connectivity index is 2.68. The second-order valence-corrected chi connectivity index (χ2v) is 4.42. The molecule has 1 aromatic rings. The van der Waals surface area contributed by atoms with E-state index < -0.39 is 0 Å². The van der Waals surface area contributed by atoms with Gasteiger partial charge in [-0.25, -0.2) is 0 Å². The number of nitrogens with two attached hydrogens (primary N) is 1. The summed E-state index contributed by atoms with van der Waals surface area (Å²) in [6, 6.07) is 7.99. The summed E-state index contributed by atoms with van der Waals surface area (Å²) in [6.45, 7) is 6.68. The summed E-state index contributed by atoms with van der Waals surface area (Å²) in [7, 11) is 0. The molecule has 0 saturated heterocycles. The van der Waals surface area contributed by atoms with Crippen LogP contribution in [-0.4, -0.2) is 12.1 Å². The van der Waals surface area contributed by atoms with E-state index in [0.717, 1.165) is 11.3 Å². The van der Waals surface area contributed by atoms with Gasteiger partial charge in [-0.3, -0.25) is 0 Å². The fourth-order valence-corrected chi connectivity index (χ4v) is 1.20. The van der Waals surface area contributed by atoms with Crippen LogP contribution in [0.4, 0.5) is 0 Å². The summed E-state index contributed by atoms with van der Waals surface area (Å²) in [4.78, 5) is 0. The van der Waals surface area contributed by atoms with Crippen LogP contribution >= 0.6 is 0 Å². The zero-order valence-electron chi connectivity index (χ0n) is 9.66. The molecule has 0 aliphatic rings. The Hall–Kier alpha value is -1.28.